The Morgan fingerprint density at radius 1 is 1.35 bits per heavy atom. The van der Waals surface area contributed by atoms with E-state index in [4.69, 9.17) is 16.9 Å². The number of hydrogen-bond acceptors (Lipinski definition) is 5. The monoisotopic (exact) mass is 391 g/mol. The molecule has 1 amide bonds. The lowest BCUT2D eigenvalue weighted by Gasteiger charge is -2.06. The first-order chi connectivity index (χ1) is 11.1. The van der Waals surface area contributed by atoms with Crippen LogP contribution in [-0.4, -0.2) is 15.9 Å². The van der Waals surface area contributed by atoms with E-state index in [-0.39, 0.29) is 18.1 Å². The normalized spacial score (nSPS) is 10.7. The van der Waals surface area contributed by atoms with Crippen LogP contribution < -0.4 is 10.6 Å². The Morgan fingerprint density at radius 2 is 2.04 bits per heavy atom. The average molecular weight is 393 g/mol. The molecule has 0 fully saturated rings. The minimum atomic E-state index is -0.517. The maximum atomic E-state index is 12.0. The quantitative estimate of drug-likeness (QED) is 0.603. The molecule has 23 heavy (non-hydrogen) atoms. The predicted molar refractivity (Wildman–Crippen MR) is 90.3 cm³/mol. The highest BCUT2D eigenvalue weighted by molar-refractivity contribution is 9.10. The standard InChI is InChI=1S/C15H11BrClN5O/c16-12-8-21-15(22-9-12)20-7-11(5-18)14(23)19-6-10-3-1-2-4-13(10)17/h1-4,7-9H,6H2,(H,19,23)(H,20,21,22)/b11-7-. The number of carbonyl (C=O) groups excluding carboxylic acids is 1. The molecule has 0 spiro atoms. The maximum Gasteiger partial charge on any atom is 0.263 e. The molecule has 6 nitrogen and oxygen atoms in total. The number of aromatic nitrogens is 2. The second-order valence-corrected chi connectivity index (χ2v) is 5.64. The van der Waals surface area contributed by atoms with Gasteiger partial charge in [0.1, 0.15) is 11.6 Å². The third kappa shape index (κ3) is 5.06. The first-order valence-corrected chi connectivity index (χ1v) is 7.63. The summed E-state index contributed by atoms with van der Waals surface area (Å²) in [7, 11) is 0. The largest absolute Gasteiger partial charge is 0.347 e. The van der Waals surface area contributed by atoms with E-state index in [9.17, 15) is 4.79 Å². The minimum absolute atomic E-state index is 0.0939. The number of anilines is 1. The van der Waals surface area contributed by atoms with Gasteiger partial charge in [0.15, 0.2) is 0 Å². The van der Waals surface area contributed by atoms with Crippen molar-refractivity contribution in [2.24, 2.45) is 0 Å². The van der Waals surface area contributed by atoms with Gasteiger partial charge in [-0.3, -0.25) is 4.79 Å². The van der Waals surface area contributed by atoms with Crippen LogP contribution in [0.5, 0.6) is 0 Å². The van der Waals surface area contributed by atoms with Gasteiger partial charge in [0.2, 0.25) is 5.95 Å². The summed E-state index contributed by atoms with van der Waals surface area (Å²) in [5, 5.41) is 15.0. The molecule has 0 saturated heterocycles. The van der Waals surface area contributed by atoms with E-state index in [1.54, 1.807) is 30.6 Å². The first kappa shape index (κ1) is 16.9. The topological polar surface area (TPSA) is 90.7 Å². The van der Waals surface area contributed by atoms with Crippen LogP contribution in [0.2, 0.25) is 5.02 Å². The fourth-order valence-corrected chi connectivity index (χ4v) is 1.99. The van der Waals surface area contributed by atoms with Crippen molar-refractivity contribution in [3.63, 3.8) is 0 Å². The highest BCUT2D eigenvalue weighted by Crippen LogP contribution is 2.14. The number of hydrogen-bond donors (Lipinski definition) is 2. The molecule has 0 unspecified atom stereocenters. The molecule has 116 valence electrons. The van der Waals surface area contributed by atoms with E-state index in [0.29, 0.717) is 5.02 Å². The summed E-state index contributed by atoms with van der Waals surface area (Å²) < 4.78 is 0.727. The van der Waals surface area contributed by atoms with Crippen LogP contribution in [0.4, 0.5) is 5.95 Å². The van der Waals surface area contributed by atoms with Gasteiger partial charge in [-0.1, -0.05) is 29.8 Å². The molecule has 0 atom stereocenters. The van der Waals surface area contributed by atoms with Crippen molar-refractivity contribution in [2.45, 2.75) is 6.54 Å². The van der Waals surface area contributed by atoms with Gasteiger partial charge in [0, 0.05) is 30.2 Å². The molecule has 2 N–H and O–H groups in total. The second-order valence-electron chi connectivity index (χ2n) is 4.31. The Kier molecular flexibility index (Phi) is 6.09. The number of amides is 1. The van der Waals surface area contributed by atoms with Crippen molar-refractivity contribution in [3.8, 4) is 6.07 Å². The number of benzene rings is 1. The Balaban J connectivity index is 1.98. The summed E-state index contributed by atoms with van der Waals surface area (Å²) in [5.74, 6) is -0.239. The number of halogens is 2. The van der Waals surface area contributed by atoms with Crippen LogP contribution in [0.15, 0.2) is 52.9 Å². The molecular formula is C15H11BrClN5O. The van der Waals surface area contributed by atoms with Crippen molar-refractivity contribution in [3.05, 3.63) is 63.5 Å². The molecule has 1 heterocycles. The van der Waals surface area contributed by atoms with Gasteiger partial charge >= 0.3 is 0 Å². The van der Waals surface area contributed by atoms with Gasteiger partial charge in [-0.2, -0.15) is 5.26 Å². The zero-order valence-electron chi connectivity index (χ0n) is 11.8. The molecule has 0 saturated carbocycles. The summed E-state index contributed by atoms with van der Waals surface area (Å²) in [6, 6.07) is 8.98. The molecule has 0 aliphatic heterocycles. The molecule has 2 aromatic rings. The first-order valence-electron chi connectivity index (χ1n) is 6.46. The van der Waals surface area contributed by atoms with Crippen LogP contribution in [-0.2, 0) is 11.3 Å². The van der Waals surface area contributed by atoms with Gasteiger partial charge in [-0.15, -0.1) is 0 Å². The van der Waals surface area contributed by atoms with Gasteiger partial charge in [0.25, 0.3) is 5.91 Å². The summed E-state index contributed by atoms with van der Waals surface area (Å²) in [5.41, 5.74) is 0.674. The molecule has 8 heteroatoms. The van der Waals surface area contributed by atoms with Crippen LogP contribution in [0, 0.1) is 11.3 Å². The molecule has 1 aromatic carbocycles. The fourth-order valence-electron chi connectivity index (χ4n) is 1.58. The Bertz CT molecular complexity index is 770. The molecule has 0 radical (unpaired) electrons. The van der Waals surface area contributed by atoms with Crippen LogP contribution in [0.3, 0.4) is 0 Å². The molecule has 0 aliphatic rings. The van der Waals surface area contributed by atoms with Crippen molar-refractivity contribution in [1.82, 2.24) is 15.3 Å². The van der Waals surface area contributed by atoms with Crippen molar-refractivity contribution in [1.29, 1.82) is 5.26 Å². The van der Waals surface area contributed by atoms with E-state index in [2.05, 4.69) is 36.5 Å². The molecule has 1 aromatic heterocycles. The summed E-state index contributed by atoms with van der Waals surface area (Å²) >= 11 is 9.23. The Hall–Kier alpha value is -2.43. The number of nitrogens with one attached hydrogen (secondary N) is 2. The Labute approximate surface area is 146 Å². The van der Waals surface area contributed by atoms with Crippen molar-refractivity contribution < 1.29 is 4.79 Å². The van der Waals surface area contributed by atoms with Crippen molar-refractivity contribution in [2.75, 3.05) is 5.32 Å². The Morgan fingerprint density at radius 3 is 2.70 bits per heavy atom. The lowest BCUT2D eigenvalue weighted by molar-refractivity contribution is -0.117. The van der Waals surface area contributed by atoms with Gasteiger partial charge in [-0.25, -0.2) is 9.97 Å². The highest BCUT2D eigenvalue weighted by atomic mass is 79.9. The predicted octanol–water partition coefficient (Wildman–Crippen LogP) is 3.03. The number of carbonyl (C=O) groups is 1. The average Bonchev–Trinajstić information content (AvgIpc) is 2.56. The smallest absolute Gasteiger partial charge is 0.263 e. The third-order valence-electron chi connectivity index (χ3n) is 2.73. The van der Waals surface area contributed by atoms with E-state index in [1.165, 1.54) is 6.20 Å². The van der Waals surface area contributed by atoms with E-state index in [0.717, 1.165) is 10.0 Å². The summed E-state index contributed by atoms with van der Waals surface area (Å²) in [6.45, 7) is 0.228. The molecule has 2 rings (SSSR count). The van der Waals surface area contributed by atoms with Crippen LogP contribution in [0.25, 0.3) is 0 Å². The molecule has 0 aliphatic carbocycles. The zero-order chi connectivity index (χ0) is 16.7. The summed E-state index contributed by atoms with van der Waals surface area (Å²) in [4.78, 5) is 20.0. The summed E-state index contributed by atoms with van der Waals surface area (Å²) in [6.07, 6.45) is 4.35. The number of nitriles is 1. The third-order valence-corrected chi connectivity index (χ3v) is 3.51. The van der Waals surface area contributed by atoms with E-state index >= 15 is 0 Å². The molecule has 0 bridgehead atoms. The lowest BCUT2D eigenvalue weighted by atomic mass is 10.2. The second kappa shape index (κ2) is 8.27. The zero-order valence-corrected chi connectivity index (χ0v) is 14.1. The number of nitrogens with zero attached hydrogens (tertiary/aromatic N) is 3. The highest BCUT2D eigenvalue weighted by Gasteiger charge is 2.09. The van der Waals surface area contributed by atoms with Crippen LogP contribution >= 0.6 is 27.5 Å². The minimum Gasteiger partial charge on any atom is -0.347 e. The van der Waals surface area contributed by atoms with Crippen molar-refractivity contribution >= 4 is 39.4 Å². The SMILES string of the molecule is N#C/C(=C/Nc1ncc(Br)cn1)C(=O)NCc1ccccc1Cl. The number of rotatable bonds is 5. The lowest BCUT2D eigenvalue weighted by Crippen LogP contribution is -2.24. The fraction of sp³-hybridized carbons (Fsp3) is 0.0667. The van der Waals surface area contributed by atoms with Crippen LogP contribution in [0.1, 0.15) is 5.56 Å². The van der Waals surface area contributed by atoms with Gasteiger partial charge in [0.05, 0.1) is 4.47 Å². The molecular weight excluding hydrogens is 382 g/mol. The van der Waals surface area contributed by atoms with Gasteiger partial charge in [-0.05, 0) is 27.6 Å². The van der Waals surface area contributed by atoms with E-state index in [1.807, 2.05) is 12.1 Å². The van der Waals surface area contributed by atoms with Gasteiger partial charge < -0.3 is 10.6 Å². The van der Waals surface area contributed by atoms with E-state index < -0.39 is 5.91 Å². The maximum absolute atomic E-state index is 12.0.